The van der Waals surface area contributed by atoms with Gasteiger partial charge in [-0.15, -0.1) is 10.2 Å². The minimum Gasteiger partial charge on any atom is -0.327 e. The number of H-pyrrole nitrogens is 1. The highest BCUT2D eigenvalue weighted by Crippen LogP contribution is 2.30. The Kier molecular flexibility index (Phi) is 6.40. The summed E-state index contributed by atoms with van der Waals surface area (Å²) in [6.07, 6.45) is -2.59. The molecule has 33 heavy (non-hydrogen) atoms. The van der Waals surface area contributed by atoms with Crippen LogP contribution in [0.3, 0.4) is 0 Å². The molecule has 6 nitrogen and oxygen atoms in total. The number of rotatable bonds is 7. The molecule has 4 rings (SSSR count). The maximum absolute atomic E-state index is 12.7. The molecule has 3 N–H and O–H groups in total. The highest BCUT2D eigenvalue weighted by Gasteiger charge is 2.30. The summed E-state index contributed by atoms with van der Waals surface area (Å²) in [5, 5.41) is 10.2. The number of halogens is 3. The van der Waals surface area contributed by atoms with Crippen LogP contribution in [0.4, 0.5) is 13.2 Å². The predicted octanol–water partition coefficient (Wildman–Crippen LogP) is 4.95. The Morgan fingerprint density at radius 2 is 1.85 bits per heavy atom. The number of nitrogens with two attached hydrogens (primary N) is 1. The number of nitrogens with one attached hydrogen (secondary N) is 1. The van der Waals surface area contributed by atoms with E-state index in [0.717, 1.165) is 44.3 Å². The van der Waals surface area contributed by atoms with Gasteiger partial charge in [0, 0.05) is 24.1 Å². The first-order valence-electron chi connectivity index (χ1n) is 10.6. The summed E-state index contributed by atoms with van der Waals surface area (Å²) in [4.78, 5) is 15.1. The molecule has 0 amide bonds. The van der Waals surface area contributed by atoms with E-state index < -0.39 is 11.7 Å². The Hall–Kier alpha value is -2.98. The molecule has 2 aromatic heterocycles. The summed E-state index contributed by atoms with van der Waals surface area (Å²) in [6.45, 7) is 3.91. The molecule has 0 unspecified atom stereocenters. The van der Waals surface area contributed by atoms with Crippen LogP contribution in [-0.2, 0) is 19.0 Å². The van der Waals surface area contributed by atoms with Crippen molar-refractivity contribution < 1.29 is 13.2 Å². The van der Waals surface area contributed by atoms with E-state index in [-0.39, 0.29) is 17.8 Å². The van der Waals surface area contributed by atoms with Gasteiger partial charge in [-0.1, -0.05) is 23.5 Å². The van der Waals surface area contributed by atoms with Gasteiger partial charge in [-0.25, -0.2) is 4.79 Å². The standard InChI is InChI=1S/C23H24F3N5OS/c1-13(2)31-19-12-15(5-9-18(19)28-22(31)32)21-30-29-20(33-21)10-8-17(27)11-14-3-6-16(7-4-14)23(24,25)26/h3-7,9,12-13,17H,8,10-11,27H2,1-2H3,(H,28,32)/t17-/m1/s1. The van der Waals surface area contributed by atoms with Gasteiger partial charge in [0.15, 0.2) is 0 Å². The lowest BCUT2D eigenvalue weighted by atomic mass is 10.0. The molecule has 0 radical (unpaired) electrons. The van der Waals surface area contributed by atoms with E-state index in [9.17, 15) is 18.0 Å². The number of hydrogen-bond donors (Lipinski definition) is 2. The SMILES string of the molecule is CC(C)n1c(=O)[nH]c2ccc(-c3nnc(CC[C@@H](N)Cc4ccc(C(F)(F)F)cc4)s3)cc21. The lowest BCUT2D eigenvalue weighted by Crippen LogP contribution is -2.23. The minimum absolute atomic E-state index is 0.0256. The molecule has 0 aliphatic rings. The summed E-state index contributed by atoms with van der Waals surface area (Å²) in [5.74, 6) is 0. The number of aromatic amines is 1. The minimum atomic E-state index is -4.34. The largest absolute Gasteiger partial charge is 0.416 e. The van der Waals surface area contributed by atoms with Gasteiger partial charge in [-0.05, 0) is 62.6 Å². The van der Waals surface area contributed by atoms with Gasteiger partial charge in [-0.3, -0.25) is 4.57 Å². The molecule has 0 fully saturated rings. The molecule has 2 aromatic carbocycles. The van der Waals surface area contributed by atoms with E-state index in [1.807, 2.05) is 32.0 Å². The second kappa shape index (κ2) is 9.11. The third-order valence-corrected chi connectivity index (χ3v) is 6.49. The van der Waals surface area contributed by atoms with Crippen LogP contribution in [0.2, 0.25) is 0 Å². The van der Waals surface area contributed by atoms with Crippen LogP contribution in [-0.4, -0.2) is 25.8 Å². The van der Waals surface area contributed by atoms with E-state index in [1.54, 1.807) is 4.57 Å². The molecule has 0 saturated heterocycles. The van der Waals surface area contributed by atoms with Gasteiger partial charge >= 0.3 is 11.9 Å². The summed E-state index contributed by atoms with van der Waals surface area (Å²) in [7, 11) is 0. The zero-order chi connectivity index (χ0) is 23.8. The first-order valence-corrected chi connectivity index (χ1v) is 11.4. The first-order chi connectivity index (χ1) is 15.6. The zero-order valence-corrected chi connectivity index (χ0v) is 19.0. The van der Waals surface area contributed by atoms with Crippen molar-refractivity contribution in [1.29, 1.82) is 0 Å². The first kappa shape index (κ1) is 23.2. The fourth-order valence-corrected chi connectivity index (χ4v) is 4.63. The molecule has 0 spiro atoms. The molecule has 1 atom stereocenters. The molecule has 2 heterocycles. The van der Waals surface area contributed by atoms with E-state index in [4.69, 9.17) is 5.73 Å². The van der Waals surface area contributed by atoms with Crippen LogP contribution >= 0.6 is 11.3 Å². The second-order valence-corrected chi connectivity index (χ2v) is 9.39. The smallest absolute Gasteiger partial charge is 0.327 e. The Morgan fingerprint density at radius 3 is 2.52 bits per heavy atom. The topological polar surface area (TPSA) is 89.6 Å². The van der Waals surface area contributed by atoms with Crippen LogP contribution < -0.4 is 11.4 Å². The van der Waals surface area contributed by atoms with Gasteiger partial charge in [0.25, 0.3) is 0 Å². The van der Waals surface area contributed by atoms with Crippen molar-refractivity contribution in [2.75, 3.05) is 0 Å². The molecule has 0 bridgehead atoms. The van der Waals surface area contributed by atoms with E-state index in [0.29, 0.717) is 19.3 Å². The summed E-state index contributed by atoms with van der Waals surface area (Å²) >= 11 is 1.47. The molecular weight excluding hydrogens is 451 g/mol. The molecule has 4 aromatic rings. The Labute approximate surface area is 192 Å². The Morgan fingerprint density at radius 1 is 1.12 bits per heavy atom. The van der Waals surface area contributed by atoms with Gasteiger partial charge < -0.3 is 10.7 Å². The van der Waals surface area contributed by atoms with Crippen LogP contribution in [0, 0.1) is 0 Å². The molecule has 174 valence electrons. The number of benzene rings is 2. The summed E-state index contributed by atoms with van der Waals surface area (Å²) in [6, 6.07) is 10.6. The monoisotopic (exact) mass is 475 g/mol. The number of fused-ring (bicyclic) bond motifs is 1. The van der Waals surface area contributed by atoms with Crippen LogP contribution in [0.1, 0.15) is 42.4 Å². The van der Waals surface area contributed by atoms with Crippen molar-refractivity contribution in [1.82, 2.24) is 19.7 Å². The molecular formula is C23H24F3N5OS. The number of imidazole rings is 1. The highest BCUT2D eigenvalue weighted by molar-refractivity contribution is 7.14. The van der Waals surface area contributed by atoms with Crippen LogP contribution in [0.5, 0.6) is 0 Å². The maximum atomic E-state index is 12.7. The lowest BCUT2D eigenvalue weighted by Gasteiger charge is -2.12. The number of aromatic nitrogens is 4. The van der Waals surface area contributed by atoms with Gasteiger partial charge in [0.1, 0.15) is 10.0 Å². The number of alkyl halides is 3. The fourth-order valence-electron chi connectivity index (χ4n) is 3.78. The average molecular weight is 476 g/mol. The fraction of sp³-hybridized carbons (Fsp3) is 0.348. The number of nitrogens with zero attached hydrogens (tertiary/aromatic N) is 3. The molecule has 0 saturated carbocycles. The van der Waals surface area contributed by atoms with E-state index in [1.165, 1.54) is 23.5 Å². The number of aryl methyl sites for hydroxylation is 1. The van der Waals surface area contributed by atoms with Gasteiger partial charge in [0.05, 0.1) is 16.6 Å². The molecule has 10 heteroatoms. The third kappa shape index (κ3) is 5.17. The summed E-state index contributed by atoms with van der Waals surface area (Å²) in [5.41, 5.74) is 8.65. The van der Waals surface area contributed by atoms with E-state index in [2.05, 4.69) is 15.2 Å². The summed E-state index contributed by atoms with van der Waals surface area (Å²) < 4.78 is 39.8. The van der Waals surface area contributed by atoms with Crippen molar-refractivity contribution in [2.24, 2.45) is 5.73 Å². The van der Waals surface area contributed by atoms with Crippen molar-refractivity contribution in [3.05, 3.63) is 69.1 Å². The van der Waals surface area contributed by atoms with Gasteiger partial charge in [-0.2, -0.15) is 13.2 Å². The van der Waals surface area contributed by atoms with Crippen LogP contribution in [0.15, 0.2) is 47.3 Å². The van der Waals surface area contributed by atoms with E-state index >= 15 is 0 Å². The maximum Gasteiger partial charge on any atom is 0.416 e. The van der Waals surface area contributed by atoms with Crippen molar-refractivity contribution in [3.63, 3.8) is 0 Å². The van der Waals surface area contributed by atoms with Gasteiger partial charge in [0.2, 0.25) is 0 Å². The Balaban J connectivity index is 1.41. The predicted molar refractivity (Wildman–Crippen MR) is 123 cm³/mol. The number of hydrogen-bond acceptors (Lipinski definition) is 5. The second-order valence-electron chi connectivity index (χ2n) is 8.32. The third-order valence-electron chi connectivity index (χ3n) is 5.46. The van der Waals surface area contributed by atoms with Crippen molar-refractivity contribution in [3.8, 4) is 10.6 Å². The van der Waals surface area contributed by atoms with Crippen LogP contribution in [0.25, 0.3) is 21.6 Å². The molecule has 0 aliphatic carbocycles. The quantitative estimate of drug-likeness (QED) is 0.396. The normalized spacial score (nSPS) is 13.2. The molecule has 0 aliphatic heterocycles. The highest BCUT2D eigenvalue weighted by atomic mass is 32.1. The Bertz CT molecular complexity index is 1300. The zero-order valence-electron chi connectivity index (χ0n) is 18.2. The lowest BCUT2D eigenvalue weighted by molar-refractivity contribution is -0.137. The van der Waals surface area contributed by atoms with Crippen molar-refractivity contribution in [2.45, 2.75) is 51.4 Å². The van der Waals surface area contributed by atoms with Crippen molar-refractivity contribution >= 4 is 22.4 Å². The average Bonchev–Trinajstić information content (AvgIpc) is 3.35.